The Morgan fingerprint density at radius 1 is 1.00 bits per heavy atom. The topological polar surface area (TPSA) is 61.8 Å². The number of methoxy groups -OCH3 is 2. The highest BCUT2D eigenvalue weighted by Crippen LogP contribution is 2.37. The van der Waals surface area contributed by atoms with E-state index in [1.54, 1.807) is 0 Å². The van der Waals surface area contributed by atoms with Gasteiger partial charge in [-0.3, -0.25) is 9.59 Å². The first-order valence-electron chi connectivity index (χ1n) is 6.55. The van der Waals surface area contributed by atoms with E-state index in [4.69, 9.17) is 0 Å². The fraction of sp³-hybridized carbons (Fsp3) is 0.467. The number of rotatable bonds is 6. The molecule has 0 aromatic heterocycles. The number of hydrogen-bond donors (Lipinski definition) is 0. The average Bonchev–Trinajstić information content (AvgIpc) is 2.47. The number of esters is 2. The molecule has 0 saturated carbocycles. The number of benzene rings is 1. The van der Waals surface area contributed by atoms with Crippen molar-refractivity contribution in [1.29, 1.82) is 0 Å². The summed E-state index contributed by atoms with van der Waals surface area (Å²) in [6.07, 6.45) is -4.18. The number of carbonyl (C=O) groups is 2. The SMILES string of the molecule is COC(=O)C(C(=O)OC)c1ccccc1OC(F)(F)C(C)(C)F. The van der Waals surface area contributed by atoms with Gasteiger partial charge in [-0.05, 0) is 19.9 Å². The number of ether oxygens (including phenoxy) is 3. The van der Waals surface area contributed by atoms with Gasteiger partial charge in [0.2, 0.25) is 5.67 Å². The Labute approximate surface area is 131 Å². The molecule has 5 nitrogen and oxygen atoms in total. The van der Waals surface area contributed by atoms with Crippen LogP contribution in [0.25, 0.3) is 0 Å². The summed E-state index contributed by atoms with van der Waals surface area (Å²) in [6.45, 7) is 1.29. The number of alkyl halides is 3. The van der Waals surface area contributed by atoms with Crippen LogP contribution in [0.2, 0.25) is 0 Å². The molecule has 0 bridgehead atoms. The van der Waals surface area contributed by atoms with Crippen LogP contribution >= 0.6 is 0 Å². The Morgan fingerprint density at radius 2 is 1.48 bits per heavy atom. The molecule has 0 fully saturated rings. The lowest BCUT2D eigenvalue weighted by molar-refractivity contribution is -0.252. The van der Waals surface area contributed by atoms with Gasteiger partial charge in [-0.1, -0.05) is 18.2 Å². The lowest BCUT2D eigenvalue weighted by Crippen LogP contribution is -2.44. The van der Waals surface area contributed by atoms with Crippen molar-refractivity contribution in [1.82, 2.24) is 0 Å². The average molecular weight is 334 g/mol. The van der Waals surface area contributed by atoms with Crippen LogP contribution in [0.1, 0.15) is 25.3 Å². The molecule has 0 radical (unpaired) electrons. The first-order chi connectivity index (χ1) is 10.5. The molecule has 128 valence electrons. The van der Waals surface area contributed by atoms with E-state index in [-0.39, 0.29) is 5.56 Å². The van der Waals surface area contributed by atoms with Crippen molar-refractivity contribution in [2.45, 2.75) is 31.5 Å². The van der Waals surface area contributed by atoms with E-state index in [2.05, 4.69) is 14.2 Å². The standard InChI is InChI=1S/C15H17F3O5/c1-14(2,16)15(17,18)23-10-8-6-5-7-9(10)11(12(19)21-3)13(20)22-4/h5-8,11H,1-4H3. The molecule has 0 saturated heterocycles. The van der Waals surface area contributed by atoms with Crippen LogP contribution in [0.3, 0.4) is 0 Å². The van der Waals surface area contributed by atoms with Crippen molar-refractivity contribution >= 4 is 11.9 Å². The fourth-order valence-corrected chi connectivity index (χ4v) is 1.66. The summed E-state index contributed by atoms with van der Waals surface area (Å²) < 4.78 is 54.6. The quantitative estimate of drug-likeness (QED) is 0.591. The molecule has 0 atom stereocenters. The van der Waals surface area contributed by atoms with E-state index in [1.165, 1.54) is 18.2 Å². The Morgan fingerprint density at radius 3 is 1.91 bits per heavy atom. The zero-order valence-corrected chi connectivity index (χ0v) is 13.1. The maximum Gasteiger partial charge on any atom is 0.432 e. The minimum Gasteiger partial charge on any atom is -0.468 e. The number of halogens is 3. The van der Waals surface area contributed by atoms with Crippen LogP contribution < -0.4 is 4.74 Å². The van der Waals surface area contributed by atoms with Gasteiger partial charge in [-0.15, -0.1) is 0 Å². The fourth-order valence-electron chi connectivity index (χ4n) is 1.66. The summed E-state index contributed by atoms with van der Waals surface area (Å²) in [5, 5.41) is 0. The molecule has 1 aromatic rings. The molecule has 0 unspecified atom stereocenters. The first kappa shape index (κ1) is 18.8. The maximum absolute atomic E-state index is 13.8. The van der Waals surface area contributed by atoms with Crippen LogP contribution in [0.4, 0.5) is 13.2 Å². The third-order valence-electron chi connectivity index (χ3n) is 3.03. The van der Waals surface area contributed by atoms with Gasteiger partial charge < -0.3 is 14.2 Å². The first-order valence-corrected chi connectivity index (χ1v) is 6.55. The van der Waals surface area contributed by atoms with E-state index in [0.717, 1.165) is 20.3 Å². The lowest BCUT2D eigenvalue weighted by Gasteiger charge is -2.28. The molecular formula is C15H17F3O5. The van der Waals surface area contributed by atoms with Crippen LogP contribution in [-0.4, -0.2) is 37.9 Å². The van der Waals surface area contributed by atoms with E-state index in [0.29, 0.717) is 13.8 Å². The molecule has 0 aliphatic carbocycles. The number of hydrogen-bond acceptors (Lipinski definition) is 5. The monoisotopic (exact) mass is 334 g/mol. The van der Waals surface area contributed by atoms with Gasteiger partial charge in [0.05, 0.1) is 14.2 Å². The van der Waals surface area contributed by atoms with E-state index < -0.39 is 35.4 Å². The predicted molar refractivity (Wildman–Crippen MR) is 74.0 cm³/mol. The molecule has 0 heterocycles. The molecule has 8 heteroatoms. The van der Waals surface area contributed by atoms with Gasteiger partial charge in [0.25, 0.3) is 0 Å². The minimum atomic E-state index is -4.18. The third kappa shape index (κ3) is 4.14. The number of carbonyl (C=O) groups excluding carboxylic acids is 2. The van der Waals surface area contributed by atoms with E-state index >= 15 is 0 Å². The molecule has 0 spiro atoms. The van der Waals surface area contributed by atoms with Gasteiger partial charge in [-0.2, -0.15) is 8.78 Å². The zero-order chi connectivity index (χ0) is 17.8. The molecule has 0 aliphatic rings. The van der Waals surface area contributed by atoms with Crippen molar-refractivity contribution in [3.8, 4) is 5.75 Å². The van der Waals surface area contributed by atoms with Crippen LogP contribution in [0.5, 0.6) is 5.75 Å². The van der Waals surface area contributed by atoms with Gasteiger partial charge in [-0.25, -0.2) is 4.39 Å². The van der Waals surface area contributed by atoms with Crippen molar-refractivity contribution in [3.05, 3.63) is 29.8 Å². The minimum absolute atomic E-state index is 0.213. The summed E-state index contributed by atoms with van der Waals surface area (Å²) in [5.41, 5.74) is -3.19. The van der Waals surface area contributed by atoms with Gasteiger partial charge in [0, 0.05) is 5.56 Å². The summed E-state index contributed by atoms with van der Waals surface area (Å²) in [5.74, 6) is -4.19. The van der Waals surface area contributed by atoms with Crippen molar-refractivity contribution < 1.29 is 37.0 Å². The van der Waals surface area contributed by atoms with E-state index in [9.17, 15) is 22.8 Å². The van der Waals surface area contributed by atoms with Crippen LogP contribution in [0, 0.1) is 0 Å². The second-order valence-corrected chi connectivity index (χ2v) is 5.11. The Kier molecular flexibility index (Phi) is 5.63. The molecule has 0 amide bonds. The van der Waals surface area contributed by atoms with Gasteiger partial charge in [0.1, 0.15) is 5.75 Å². The highest BCUT2D eigenvalue weighted by Gasteiger charge is 2.51. The zero-order valence-electron chi connectivity index (χ0n) is 13.1. The Hall–Kier alpha value is -2.25. The van der Waals surface area contributed by atoms with Crippen molar-refractivity contribution in [3.63, 3.8) is 0 Å². The Bertz CT molecular complexity index is 565. The van der Waals surface area contributed by atoms with Crippen LogP contribution in [-0.2, 0) is 19.1 Å². The molecule has 0 N–H and O–H groups in total. The molecule has 23 heavy (non-hydrogen) atoms. The number of para-hydroxylation sites is 1. The van der Waals surface area contributed by atoms with E-state index in [1.807, 2.05) is 0 Å². The summed E-state index contributed by atoms with van der Waals surface area (Å²) >= 11 is 0. The van der Waals surface area contributed by atoms with Crippen molar-refractivity contribution in [2.75, 3.05) is 14.2 Å². The molecule has 1 rings (SSSR count). The summed E-state index contributed by atoms with van der Waals surface area (Å²) in [6, 6.07) is 5.05. The molecule has 1 aromatic carbocycles. The normalized spacial score (nSPS) is 12.0. The summed E-state index contributed by atoms with van der Waals surface area (Å²) in [7, 11) is 2.06. The van der Waals surface area contributed by atoms with Gasteiger partial charge in [0.15, 0.2) is 5.92 Å². The predicted octanol–water partition coefficient (Wildman–Crippen LogP) is 2.84. The second kappa shape index (κ2) is 6.89. The smallest absolute Gasteiger partial charge is 0.432 e. The largest absolute Gasteiger partial charge is 0.468 e. The highest BCUT2D eigenvalue weighted by molar-refractivity contribution is 6.01. The second-order valence-electron chi connectivity index (χ2n) is 5.11. The molecular weight excluding hydrogens is 317 g/mol. The maximum atomic E-state index is 13.8. The Balaban J connectivity index is 3.33. The van der Waals surface area contributed by atoms with Crippen LogP contribution in [0.15, 0.2) is 24.3 Å². The molecule has 0 aliphatic heterocycles. The highest BCUT2D eigenvalue weighted by atomic mass is 19.3. The van der Waals surface area contributed by atoms with Gasteiger partial charge >= 0.3 is 18.0 Å². The lowest BCUT2D eigenvalue weighted by atomic mass is 9.98. The summed E-state index contributed by atoms with van der Waals surface area (Å²) in [4.78, 5) is 23.6. The third-order valence-corrected chi connectivity index (χ3v) is 3.03. The van der Waals surface area contributed by atoms with Crippen molar-refractivity contribution in [2.24, 2.45) is 0 Å².